The van der Waals surface area contributed by atoms with Gasteiger partial charge in [-0.2, -0.15) is 0 Å². The lowest BCUT2D eigenvalue weighted by molar-refractivity contribution is -0.125. The number of rotatable bonds is 9. The molecule has 0 bridgehead atoms. The molecule has 1 heterocycles. The molecule has 3 atom stereocenters. The molecule has 0 aromatic heterocycles. The lowest BCUT2D eigenvalue weighted by atomic mass is 10.1. The largest absolute Gasteiger partial charge is 0.497 e. The Hall–Kier alpha value is -2.79. The quantitative estimate of drug-likeness (QED) is 0.485. The van der Waals surface area contributed by atoms with E-state index in [0.29, 0.717) is 11.3 Å². The number of ether oxygens (including phenoxy) is 2. The van der Waals surface area contributed by atoms with Gasteiger partial charge in [-0.1, -0.05) is 30.4 Å². The van der Waals surface area contributed by atoms with Crippen molar-refractivity contribution in [2.45, 2.75) is 36.1 Å². The van der Waals surface area contributed by atoms with E-state index in [9.17, 15) is 22.7 Å². The van der Waals surface area contributed by atoms with E-state index in [2.05, 4.69) is 10.0 Å². The van der Waals surface area contributed by atoms with Gasteiger partial charge >= 0.3 is 0 Å². The van der Waals surface area contributed by atoms with Crippen LogP contribution in [0.5, 0.6) is 5.75 Å². The third-order valence-electron chi connectivity index (χ3n) is 4.94. The number of carbonyl (C=O) groups excluding carboxylic acids is 1. The summed E-state index contributed by atoms with van der Waals surface area (Å²) in [6, 6.07) is 11.2. The molecule has 0 aliphatic carbocycles. The second-order valence-electron chi connectivity index (χ2n) is 7.18. The molecule has 1 amide bonds. The molecule has 8 nitrogen and oxygen atoms in total. The maximum atomic E-state index is 13.7. The van der Waals surface area contributed by atoms with E-state index in [1.54, 1.807) is 30.4 Å². The highest BCUT2D eigenvalue weighted by atomic mass is 32.2. The first kappa shape index (κ1) is 23.9. The van der Waals surface area contributed by atoms with Gasteiger partial charge in [0.1, 0.15) is 17.7 Å². The number of carbonyl (C=O) groups is 1. The normalized spacial score (nSPS) is 20.7. The molecule has 32 heavy (non-hydrogen) atoms. The van der Waals surface area contributed by atoms with E-state index >= 15 is 0 Å². The van der Waals surface area contributed by atoms with Crippen LogP contribution in [0.15, 0.2) is 65.6 Å². The van der Waals surface area contributed by atoms with Crippen molar-refractivity contribution < 1.29 is 32.2 Å². The van der Waals surface area contributed by atoms with E-state index in [1.807, 2.05) is 0 Å². The van der Waals surface area contributed by atoms with Crippen molar-refractivity contribution in [2.24, 2.45) is 0 Å². The predicted octanol–water partition coefficient (Wildman–Crippen LogP) is 1.50. The standard InChI is InChI=1S/C22H25FN2O6S/c1-30-16-6-9-18(10-7-16)32(28,29)25-20-11-8-17(31-21(20)14-26)12-22(27)24-13-15-4-2-3-5-19(15)23/h2-11,17,20-21,25-26H,12-14H2,1H3,(H,24,27)/t17-,20+,21-/m0/s1. The van der Waals surface area contributed by atoms with Crippen molar-refractivity contribution in [3.05, 3.63) is 72.1 Å². The topological polar surface area (TPSA) is 114 Å². The van der Waals surface area contributed by atoms with E-state index in [1.165, 1.54) is 37.4 Å². The van der Waals surface area contributed by atoms with Crippen LogP contribution < -0.4 is 14.8 Å². The van der Waals surface area contributed by atoms with Crippen LogP contribution in [0.1, 0.15) is 12.0 Å². The van der Waals surface area contributed by atoms with Gasteiger partial charge in [0.15, 0.2) is 0 Å². The van der Waals surface area contributed by atoms with E-state index < -0.39 is 40.7 Å². The Bertz CT molecular complexity index is 1060. The third-order valence-corrected chi connectivity index (χ3v) is 6.42. The van der Waals surface area contributed by atoms with Crippen molar-refractivity contribution in [2.75, 3.05) is 13.7 Å². The van der Waals surface area contributed by atoms with Crippen LogP contribution in [-0.2, 0) is 26.1 Å². The Morgan fingerprint density at radius 1 is 1.16 bits per heavy atom. The van der Waals surface area contributed by atoms with Gasteiger partial charge in [0, 0.05) is 12.1 Å². The number of sulfonamides is 1. The first-order valence-electron chi connectivity index (χ1n) is 9.93. The average Bonchev–Trinajstić information content (AvgIpc) is 2.79. The molecule has 3 rings (SSSR count). The second kappa shape index (κ2) is 10.7. The van der Waals surface area contributed by atoms with Gasteiger partial charge in [0.2, 0.25) is 15.9 Å². The Balaban J connectivity index is 1.59. The zero-order chi connectivity index (χ0) is 23.1. The van der Waals surface area contributed by atoms with Gasteiger partial charge in [-0.15, -0.1) is 0 Å². The number of amides is 1. The zero-order valence-corrected chi connectivity index (χ0v) is 18.2. The molecule has 1 aliphatic heterocycles. The number of methoxy groups -OCH3 is 1. The van der Waals surface area contributed by atoms with Gasteiger partial charge in [-0.05, 0) is 30.3 Å². The minimum absolute atomic E-state index is 0.0374. The smallest absolute Gasteiger partial charge is 0.241 e. The highest BCUT2D eigenvalue weighted by Crippen LogP contribution is 2.20. The molecule has 2 aromatic carbocycles. The molecule has 3 N–H and O–H groups in total. The van der Waals surface area contributed by atoms with Crippen molar-refractivity contribution in [1.82, 2.24) is 10.0 Å². The Morgan fingerprint density at radius 3 is 2.53 bits per heavy atom. The number of nitrogens with one attached hydrogen (secondary N) is 2. The van der Waals surface area contributed by atoms with Crippen LogP contribution in [0.4, 0.5) is 4.39 Å². The van der Waals surface area contributed by atoms with E-state index in [4.69, 9.17) is 9.47 Å². The highest BCUT2D eigenvalue weighted by Gasteiger charge is 2.31. The number of aliphatic hydroxyl groups excluding tert-OH is 1. The fraction of sp³-hybridized carbons (Fsp3) is 0.318. The molecule has 0 saturated carbocycles. The summed E-state index contributed by atoms with van der Waals surface area (Å²) in [6.45, 7) is -0.414. The van der Waals surface area contributed by atoms with Gasteiger partial charge in [-0.25, -0.2) is 17.5 Å². The third kappa shape index (κ3) is 6.13. The highest BCUT2D eigenvalue weighted by molar-refractivity contribution is 7.89. The number of hydrogen-bond donors (Lipinski definition) is 3. The summed E-state index contributed by atoms with van der Waals surface area (Å²) in [6.07, 6.45) is 1.53. The van der Waals surface area contributed by atoms with E-state index in [0.717, 1.165) is 0 Å². The number of benzene rings is 2. The fourth-order valence-electron chi connectivity index (χ4n) is 3.20. The molecule has 0 spiro atoms. The number of hydrogen-bond acceptors (Lipinski definition) is 6. The molecule has 2 aromatic rings. The first-order chi connectivity index (χ1) is 15.3. The van der Waals surface area contributed by atoms with Crippen LogP contribution in [0.2, 0.25) is 0 Å². The van der Waals surface area contributed by atoms with Crippen LogP contribution in [-0.4, -0.2) is 51.4 Å². The lowest BCUT2D eigenvalue weighted by Crippen LogP contribution is -2.49. The predicted molar refractivity (Wildman–Crippen MR) is 115 cm³/mol. The van der Waals surface area contributed by atoms with Crippen LogP contribution in [0.3, 0.4) is 0 Å². The maximum absolute atomic E-state index is 13.7. The number of halogens is 1. The molecule has 10 heteroatoms. The van der Waals surface area contributed by atoms with Crippen molar-refractivity contribution >= 4 is 15.9 Å². The summed E-state index contributed by atoms with van der Waals surface area (Å²) in [4.78, 5) is 12.2. The van der Waals surface area contributed by atoms with Gasteiger partial charge < -0.3 is 19.9 Å². The van der Waals surface area contributed by atoms with Crippen LogP contribution >= 0.6 is 0 Å². The Morgan fingerprint density at radius 2 is 1.88 bits per heavy atom. The van der Waals surface area contributed by atoms with Crippen molar-refractivity contribution in [1.29, 1.82) is 0 Å². The summed E-state index contributed by atoms with van der Waals surface area (Å²) < 4.78 is 52.2. The van der Waals surface area contributed by atoms with E-state index in [-0.39, 0.29) is 23.8 Å². The Kier molecular flexibility index (Phi) is 7.97. The Labute approximate surface area is 186 Å². The average molecular weight is 465 g/mol. The minimum Gasteiger partial charge on any atom is -0.497 e. The molecular formula is C22H25FN2O6S. The van der Waals surface area contributed by atoms with Crippen molar-refractivity contribution in [3.63, 3.8) is 0 Å². The summed E-state index contributed by atoms with van der Waals surface area (Å²) in [5.74, 6) is -0.250. The van der Waals surface area contributed by atoms with Crippen LogP contribution in [0, 0.1) is 5.82 Å². The zero-order valence-electron chi connectivity index (χ0n) is 17.4. The van der Waals surface area contributed by atoms with Gasteiger partial charge in [0.25, 0.3) is 0 Å². The molecule has 0 radical (unpaired) electrons. The van der Waals surface area contributed by atoms with Gasteiger partial charge in [-0.3, -0.25) is 4.79 Å². The monoisotopic (exact) mass is 464 g/mol. The summed E-state index contributed by atoms with van der Waals surface area (Å²) in [7, 11) is -2.39. The molecule has 0 fully saturated rings. The molecule has 0 unspecified atom stereocenters. The van der Waals surface area contributed by atoms with Crippen molar-refractivity contribution in [3.8, 4) is 5.75 Å². The summed E-state index contributed by atoms with van der Waals surface area (Å²) in [5.41, 5.74) is 0.363. The molecule has 172 valence electrons. The second-order valence-corrected chi connectivity index (χ2v) is 8.89. The lowest BCUT2D eigenvalue weighted by Gasteiger charge is -2.31. The van der Waals surface area contributed by atoms with Gasteiger partial charge in [0.05, 0.1) is 37.2 Å². The molecule has 0 saturated heterocycles. The maximum Gasteiger partial charge on any atom is 0.241 e. The summed E-state index contributed by atoms with van der Waals surface area (Å²) >= 11 is 0. The first-order valence-corrected chi connectivity index (χ1v) is 11.4. The summed E-state index contributed by atoms with van der Waals surface area (Å²) in [5, 5.41) is 12.3. The minimum atomic E-state index is -3.87. The SMILES string of the molecule is COc1ccc(S(=O)(=O)N[C@@H]2C=C[C@@H](CC(=O)NCc3ccccc3F)O[C@H]2CO)cc1. The fourth-order valence-corrected chi connectivity index (χ4v) is 4.42. The molecular weight excluding hydrogens is 439 g/mol. The van der Waals surface area contributed by atoms with Crippen LogP contribution in [0.25, 0.3) is 0 Å². The number of aliphatic hydroxyl groups is 1. The molecule has 1 aliphatic rings.